The summed E-state index contributed by atoms with van der Waals surface area (Å²) in [5, 5.41) is 6.98. The average molecular weight is 326 g/mol. The molecule has 8 heteroatoms. The van der Waals surface area contributed by atoms with E-state index in [9.17, 15) is 9.59 Å². The van der Waals surface area contributed by atoms with E-state index in [-0.39, 0.29) is 18.4 Å². The molecule has 0 aliphatic carbocycles. The Hall–Kier alpha value is -3.26. The van der Waals surface area contributed by atoms with Gasteiger partial charge in [0.15, 0.2) is 5.76 Å². The fourth-order valence-electron chi connectivity index (χ4n) is 2.21. The molecule has 24 heavy (non-hydrogen) atoms. The second-order valence-electron chi connectivity index (χ2n) is 4.90. The van der Waals surface area contributed by atoms with Gasteiger partial charge in [-0.1, -0.05) is 22.4 Å². The number of hydrogen-bond acceptors (Lipinski definition) is 7. The van der Waals surface area contributed by atoms with Crippen molar-refractivity contribution in [2.75, 3.05) is 0 Å². The maximum Gasteiger partial charge on any atom is 0.261 e. The van der Waals surface area contributed by atoms with Crippen LogP contribution in [0.3, 0.4) is 0 Å². The molecule has 0 fully saturated rings. The van der Waals surface area contributed by atoms with Gasteiger partial charge >= 0.3 is 0 Å². The first-order valence-electron chi connectivity index (χ1n) is 7.15. The van der Waals surface area contributed by atoms with E-state index in [1.807, 2.05) is 0 Å². The zero-order valence-corrected chi connectivity index (χ0v) is 12.6. The summed E-state index contributed by atoms with van der Waals surface area (Å²) in [5.74, 6) is 0.628. The smallest absolute Gasteiger partial charge is 0.261 e. The third-order valence-corrected chi connectivity index (χ3v) is 3.38. The number of carbonyl (C=O) groups excluding carboxylic acids is 2. The van der Waals surface area contributed by atoms with Crippen LogP contribution in [0.2, 0.25) is 0 Å². The number of nitrogens with zero attached hydrogens (tertiary/aromatic N) is 3. The number of carbonyl (C=O) groups is 2. The lowest BCUT2D eigenvalue weighted by atomic mass is 10.1. The SMILES string of the molecule is NCc1ccno1.O=C1c2ccccc2C(=O)N1Cc1ccno1. The molecule has 3 heterocycles. The molecule has 8 nitrogen and oxygen atoms in total. The quantitative estimate of drug-likeness (QED) is 0.727. The van der Waals surface area contributed by atoms with Crippen molar-refractivity contribution in [1.29, 1.82) is 0 Å². The summed E-state index contributed by atoms with van der Waals surface area (Å²) in [6.45, 7) is 0.548. The van der Waals surface area contributed by atoms with Gasteiger partial charge in [-0.05, 0) is 12.1 Å². The fourth-order valence-corrected chi connectivity index (χ4v) is 2.21. The lowest BCUT2D eigenvalue weighted by molar-refractivity contribution is 0.0628. The van der Waals surface area contributed by atoms with Gasteiger partial charge in [-0.3, -0.25) is 14.5 Å². The molecule has 122 valence electrons. The van der Waals surface area contributed by atoms with Crippen LogP contribution in [-0.4, -0.2) is 27.0 Å². The van der Waals surface area contributed by atoms with Gasteiger partial charge in [0.05, 0.1) is 36.6 Å². The van der Waals surface area contributed by atoms with Crippen LogP contribution in [0.4, 0.5) is 0 Å². The second-order valence-corrected chi connectivity index (χ2v) is 4.90. The predicted octanol–water partition coefficient (Wildman–Crippen LogP) is 1.60. The first-order chi connectivity index (χ1) is 11.7. The number of nitrogens with two attached hydrogens (primary N) is 1. The van der Waals surface area contributed by atoms with Crippen molar-refractivity contribution in [3.8, 4) is 0 Å². The van der Waals surface area contributed by atoms with Crippen molar-refractivity contribution in [3.63, 3.8) is 0 Å². The highest BCUT2D eigenvalue weighted by molar-refractivity contribution is 6.21. The van der Waals surface area contributed by atoms with Gasteiger partial charge in [-0.2, -0.15) is 0 Å². The molecule has 3 aromatic rings. The normalized spacial score (nSPS) is 12.8. The molecule has 0 saturated heterocycles. The summed E-state index contributed by atoms with van der Waals surface area (Å²) in [7, 11) is 0. The molecule has 0 atom stereocenters. The zero-order chi connectivity index (χ0) is 16.9. The van der Waals surface area contributed by atoms with Crippen LogP contribution in [0.5, 0.6) is 0 Å². The number of hydrogen-bond donors (Lipinski definition) is 1. The van der Waals surface area contributed by atoms with E-state index in [2.05, 4.69) is 14.8 Å². The van der Waals surface area contributed by atoms with Crippen LogP contribution in [0, 0.1) is 0 Å². The summed E-state index contributed by atoms with van der Waals surface area (Å²) in [6.07, 6.45) is 3.05. The van der Waals surface area contributed by atoms with Gasteiger partial charge in [0.1, 0.15) is 5.76 Å². The topological polar surface area (TPSA) is 115 Å². The largest absolute Gasteiger partial charge is 0.360 e. The van der Waals surface area contributed by atoms with Gasteiger partial charge in [-0.15, -0.1) is 0 Å². The van der Waals surface area contributed by atoms with E-state index >= 15 is 0 Å². The minimum atomic E-state index is -0.290. The number of amides is 2. The second kappa shape index (κ2) is 6.88. The van der Waals surface area contributed by atoms with E-state index in [0.29, 0.717) is 23.4 Å². The van der Waals surface area contributed by atoms with Gasteiger partial charge in [0.25, 0.3) is 11.8 Å². The Balaban J connectivity index is 0.000000203. The van der Waals surface area contributed by atoms with Crippen molar-refractivity contribution in [2.24, 2.45) is 5.73 Å². The number of rotatable bonds is 3. The minimum Gasteiger partial charge on any atom is -0.360 e. The molecule has 0 bridgehead atoms. The number of imide groups is 1. The molecule has 1 aliphatic heterocycles. The third kappa shape index (κ3) is 3.08. The van der Waals surface area contributed by atoms with E-state index in [1.165, 1.54) is 6.20 Å². The Labute approximate surface area is 136 Å². The monoisotopic (exact) mass is 326 g/mol. The zero-order valence-electron chi connectivity index (χ0n) is 12.6. The van der Waals surface area contributed by atoms with Crippen molar-refractivity contribution in [1.82, 2.24) is 15.2 Å². The molecule has 2 aromatic heterocycles. The Kier molecular flexibility index (Phi) is 4.48. The standard InChI is InChI=1S/C12H8N2O3.C4H6N2O/c15-11-9-3-1-2-4-10(9)12(16)14(11)7-8-5-6-13-17-8;5-3-4-1-2-6-7-4/h1-6H,7H2;1-2H,3,5H2. The van der Waals surface area contributed by atoms with Crippen molar-refractivity contribution in [2.45, 2.75) is 13.1 Å². The summed E-state index contributed by atoms with van der Waals surface area (Å²) in [5.41, 5.74) is 6.04. The number of aromatic nitrogens is 2. The van der Waals surface area contributed by atoms with E-state index in [1.54, 1.807) is 42.6 Å². The molecule has 0 unspecified atom stereocenters. The first kappa shape index (κ1) is 15.6. The Bertz CT molecular complexity index is 793. The average Bonchev–Trinajstić information content (AvgIpc) is 3.35. The number of fused-ring (bicyclic) bond motifs is 1. The molecule has 2 amide bonds. The number of benzene rings is 1. The van der Waals surface area contributed by atoms with Crippen LogP contribution in [0.25, 0.3) is 0 Å². The van der Waals surface area contributed by atoms with E-state index in [4.69, 9.17) is 10.3 Å². The predicted molar refractivity (Wildman–Crippen MR) is 81.5 cm³/mol. The van der Waals surface area contributed by atoms with Crippen molar-refractivity contribution in [3.05, 3.63) is 71.4 Å². The van der Waals surface area contributed by atoms with Crippen LogP contribution in [-0.2, 0) is 13.1 Å². The maximum absolute atomic E-state index is 12.0. The Morgan fingerprint density at radius 2 is 1.42 bits per heavy atom. The first-order valence-corrected chi connectivity index (χ1v) is 7.15. The summed E-state index contributed by atoms with van der Waals surface area (Å²) in [4.78, 5) is 25.1. The molecule has 4 rings (SSSR count). The van der Waals surface area contributed by atoms with Crippen molar-refractivity contribution >= 4 is 11.8 Å². The molecule has 1 aromatic carbocycles. The van der Waals surface area contributed by atoms with Crippen LogP contribution < -0.4 is 5.73 Å². The molecule has 0 radical (unpaired) electrons. The van der Waals surface area contributed by atoms with Gasteiger partial charge in [0.2, 0.25) is 0 Å². The highest BCUT2D eigenvalue weighted by Gasteiger charge is 2.35. The van der Waals surface area contributed by atoms with Gasteiger partial charge < -0.3 is 14.8 Å². The maximum atomic E-state index is 12.0. The molecule has 0 spiro atoms. The van der Waals surface area contributed by atoms with Crippen LogP contribution in [0.15, 0.2) is 57.8 Å². The summed E-state index contributed by atoms with van der Waals surface area (Å²) in [6, 6.07) is 10.1. The van der Waals surface area contributed by atoms with Gasteiger partial charge in [0, 0.05) is 12.1 Å². The fraction of sp³-hybridized carbons (Fsp3) is 0.125. The highest BCUT2D eigenvalue weighted by Crippen LogP contribution is 2.23. The summed E-state index contributed by atoms with van der Waals surface area (Å²) < 4.78 is 9.50. The molecule has 2 N–H and O–H groups in total. The van der Waals surface area contributed by atoms with Gasteiger partial charge in [-0.25, -0.2) is 0 Å². The summed E-state index contributed by atoms with van der Waals surface area (Å²) >= 11 is 0. The molecule has 1 aliphatic rings. The molecular weight excluding hydrogens is 312 g/mol. The Morgan fingerprint density at radius 1 is 0.875 bits per heavy atom. The molecule has 0 saturated carbocycles. The highest BCUT2D eigenvalue weighted by atomic mass is 16.5. The van der Waals surface area contributed by atoms with Crippen LogP contribution in [0.1, 0.15) is 32.2 Å². The van der Waals surface area contributed by atoms with E-state index < -0.39 is 0 Å². The lowest BCUT2D eigenvalue weighted by Gasteiger charge is -2.10. The lowest BCUT2D eigenvalue weighted by Crippen LogP contribution is -2.28. The van der Waals surface area contributed by atoms with E-state index in [0.717, 1.165) is 10.7 Å². The Morgan fingerprint density at radius 3 is 1.83 bits per heavy atom. The van der Waals surface area contributed by atoms with Crippen molar-refractivity contribution < 1.29 is 18.6 Å². The third-order valence-electron chi connectivity index (χ3n) is 3.38. The molecular formula is C16H14N4O4. The van der Waals surface area contributed by atoms with Crippen LogP contribution >= 0.6 is 0 Å². The minimum absolute atomic E-state index is 0.117.